The summed E-state index contributed by atoms with van der Waals surface area (Å²) in [4.78, 5) is 14.7. The minimum Gasteiger partial charge on any atom is -0.497 e. The highest BCUT2D eigenvalue weighted by Crippen LogP contribution is 2.28. The molecule has 2 heterocycles. The first kappa shape index (κ1) is 16.9. The molecule has 25 heavy (non-hydrogen) atoms. The summed E-state index contributed by atoms with van der Waals surface area (Å²) >= 11 is 0. The second-order valence-corrected chi connectivity index (χ2v) is 6.20. The summed E-state index contributed by atoms with van der Waals surface area (Å²) < 4.78 is 7.05. The number of nitrogens with two attached hydrogens (primary N) is 1. The molecule has 0 spiro atoms. The molecule has 8 heteroatoms. The minimum absolute atomic E-state index is 0.0264. The van der Waals surface area contributed by atoms with Crippen LogP contribution < -0.4 is 15.4 Å². The molecule has 1 amide bonds. The number of benzene rings is 1. The van der Waals surface area contributed by atoms with Gasteiger partial charge in [0.2, 0.25) is 0 Å². The van der Waals surface area contributed by atoms with Crippen LogP contribution >= 0.6 is 0 Å². The molecule has 1 atom stereocenters. The lowest BCUT2D eigenvalue weighted by Crippen LogP contribution is -2.54. The molecular formula is C17H23N5O3. The van der Waals surface area contributed by atoms with Gasteiger partial charge in [-0.3, -0.25) is 0 Å². The van der Waals surface area contributed by atoms with E-state index in [1.807, 2.05) is 35.9 Å². The van der Waals surface area contributed by atoms with E-state index in [1.54, 1.807) is 13.3 Å². The Morgan fingerprint density at radius 3 is 2.68 bits per heavy atom. The lowest BCUT2D eigenvalue weighted by Gasteiger charge is -2.40. The molecule has 3 N–H and O–H groups in total. The van der Waals surface area contributed by atoms with Crippen LogP contribution in [0, 0.1) is 0 Å². The van der Waals surface area contributed by atoms with E-state index in [1.165, 1.54) is 4.90 Å². The van der Waals surface area contributed by atoms with Gasteiger partial charge in [-0.2, -0.15) is 5.10 Å². The molecule has 1 fully saturated rings. The standard InChI is InChI=1S/C17H23N5O3/c1-12-10-20(17(23)24)7-8-21(12)16-15(18)9-19-22(16)11-13-3-5-14(25-2)6-4-13/h3-6,9,12H,7-8,10-11,18H2,1-2H3,(H,23,24)/t12-/m1/s1. The molecule has 3 rings (SSSR count). The van der Waals surface area contributed by atoms with E-state index in [2.05, 4.69) is 10.00 Å². The van der Waals surface area contributed by atoms with Crippen molar-refractivity contribution in [3.8, 4) is 5.75 Å². The van der Waals surface area contributed by atoms with Crippen LogP contribution in [-0.2, 0) is 6.54 Å². The highest BCUT2D eigenvalue weighted by molar-refractivity contribution is 5.67. The third-order valence-electron chi connectivity index (χ3n) is 4.50. The van der Waals surface area contributed by atoms with Gasteiger partial charge in [0.15, 0.2) is 5.82 Å². The molecule has 8 nitrogen and oxygen atoms in total. The summed E-state index contributed by atoms with van der Waals surface area (Å²) in [6.45, 7) is 4.07. The van der Waals surface area contributed by atoms with Gasteiger partial charge in [0.05, 0.1) is 25.5 Å². The Balaban J connectivity index is 1.80. The van der Waals surface area contributed by atoms with Gasteiger partial charge in [0, 0.05) is 25.7 Å². The topological polar surface area (TPSA) is 96.9 Å². The molecule has 2 aromatic rings. The largest absolute Gasteiger partial charge is 0.497 e. The van der Waals surface area contributed by atoms with Gasteiger partial charge in [-0.25, -0.2) is 9.48 Å². The van der Waals surface area contributed by atoms with Crippen molar-refractivity contribution in [3.05, 3.63) is 36.0 Å². The number of carbonyl (C=O) groups is 1. The molecule has 1 saturated heterocycles. The molecule has 134 valence electrons. The maximum absolute atomic E-state index is 11.2. The van der Waals surface area contributed by atoms with E-state index in [0.717, 1.165) is 17.1 Å². The van der Waals surface area contributed by atoms with Crippen LogP contribution in [0.5, 0.6) is 5.75 Å². The van der Waals surface area contributed by atoms with Crippen molar-refractivity contribution >= 4 is 17.6 Å². The molecule has 0 unspecified atom stereocenters. The molecule has 1 aromatic carbocycles. The highest BCUT2D eigenvalue weighted by atomic mass is 16.5. The van der Waals surface area contributed by atoms with Crippen LogP contribution in [0.25, 0.3) is 0 Å². The van der Waals surface area contributed by atoms with Crippen molar-refractivity contribution in [1.29, 1.82) is 0 Å². The Hall–Kier alpha value is -2.90. The molecule has 1 aliphatic rings. The molecule has 0 radical (unpaired) electrons. The van der Waals surface area contributed by atoms with Gasteiger partial charge >= 0.3 is 6.09 Å². The number of ether oxygens (including phenoxy) is 1. The number of amides is 1. The normalized spacial score (nSPS) is 17.6. The molecule has 0 saturated carbocycles. The highest BCUT2D eigenvalue weighted by Gasteiger charge is 2.29. The van der Waals surface area contributed by atoms with E-state index in [4.69, 9.17) is 10.5 Å². The summed E-state index contributed by atoms with van der Waals surface area (Å²) in [6, 6.07) is 7.84. The fourth-order valence-corrected chi connectivity index (χ4v) is 3.17. The fraction of sp³-hybridized carbons (Fsp3) is 0.412. The number of carboxylic acid groups (broad SMARTS) is 1. The van der Waals surface area contributed by atoms with E-state index in [0.29, 0.717) is 31.9 Å². The second-order valence-electron chi connectivity index (χ2n) is 6.20. The summed E-state index contributed by atoms with van der Waals surface area (Å²) in [6.07, 6.45) is 0.765. The number of piperazine rings is 1. The number of rotatable bonds is 4. The Bertz CT molecular complexity index is 743. The number of anilines is 2. The average Bonchev–Trinajstić information content (AvgIpc) is 2.96. The summed E-state index contributed by atoms with van der Waals surface area (Å²) in [5.74, 6) is 1.65. The maximum atomic E-state index is 11.2. The first-order valence-electron chi connectivity index (χ1n) is 8.18. The third-order valence-corrected chi connectivity index (χ3v) is 4.50. The summed E-state index contributed by atoms with van der Waals surface area (Å²) in [7, 11) is 1.64. The zero-order chi connectivity index (χ0) is 18.0. The predicted octanol–water partition coefficient (Wildman–Crippen LogP) is 1.71. The molecular weight excluding hydrogens is 322 g/mol. The SMILES string of the molecule is COc1ccc(Cn2ncc(N)c2N2CCN(C(=O)O)C[C@H]2C)cc1. The van der Waals surface area contributed by atoms with E-state index >= 15 is 0 Å². The van der Waals surface area contributed by atoms with Gasteiger partial charge in [-0.15, -0.1) is 0 Å². The van der Waals surface area contributed by atoms with Crippen LogP contribution in [0.4, 0.5) is 16.3 Å². The summed E-state index contributed by atoms with van der Waals surface area (Å²) in [5, 5.41) is 13.6. The Labute approximate surface area is 146 Å². The number of methoxy groups -OCH3 is 1. The van der Waals surface area contributed by atoms with E-state index in [9.17, 15) is 9.90 Å². The van der Waals surface area contributed by atoms with Crippen LogP contribution in [0.2, 0.25) is 0 Å². The predicted molar refractivity (Wildman–Crippen MR) is 95.1 cm³/mol. The van der Waals surface area contributed by atoms with Crippen LogP contribution in [0.3, 0.4) is 0 Å². The quantitative estimate of drug-likeness (QED) is 0.876. The first-order chi connectivity index (χ1) is 12.0. The van der Waals surface area contributed by atoms with Gasteiger partial charge in [-0.05, 0) is 24.6 Å². The molecule has 1 aliphatic heterocycles. The van der Waals surface area contributed by atoms with Crippen molar-refractivity contribution in [2.45, 2.75) is 19.5 Å². The second kappa shape index (κ2) is 6.92. The number of hydrogen-bond donors (Lipinski definition) is 2. The van der Waals surface area contributed by atoms with Crippen molar-refractivity contribution in [2.24, 2.45) is 0 Å². The molecule has 1 aromatic heterocycles. The lowest BCUT2D eigenvalue weighted by molar-refractivity contribution is 0.136. The zero-order valence-corrected chi connectivity index (χ0v) is 14.4. The van der Waals surface area contributed by atoms with Gasteiger partial charge < -0.3 is 25.4 Å². The molecule has 0 bridgehead atoms. The first-order valence-corrected chi connectivity index (χ1v) is 8.18. The number of nitrogens with zero attached hydrogens (tertiary/aromatic N) is 4. The van der Waals surface area contributed by atoms with Gasteiger partial charge in [0.1, 0.15) is 5.75 Å². The number of nitrogen functional groups attached to an aromatic ring is 1. The maximum Gasteiger partial charge on any atom is 0.407 e. The van der Waals surface area contributed by atoms with Crippen molar-refractivity contribution < 1.29 is 14.6 Å². The van der Waals surface area contributed by atoms with Gasteiger partial charge in [-0.1, -0.05) is 12.1 Å². The summed E-state index contributed by atoms with van der Waals surface area (Å²) in [5.41, 5.74) is 7.84. The zero-order valence-electron chi connectivity index (χ0n) is 14.4. The Morgan fingerprint density at radius 1 is 1.36 bits per heavy atom. The van der Waals surface area contributed by atoms with Crippen molar-refractivity contribution in [3.63, 3.8) is 0 Å². The smallest absolute Gasteiger partial charge is 0.407 e. The number of hydrogen-bond acceptors (Lipinski definition) is 5. The third kappa shape index (κ3) is 3.47. The Kier molecular flexibility index (Phi) is 4.69. The van der Waals surface area contributed by atoms with E-state index < -0.39 is 6.09 Å². The number of aromatic nitrogens is 2. The average molecular weight is 345 g/mol. The van der Waals surface area contributed by atoms with E-state index in [-0.39, 0.29) is 6.04 Å². The monoisotopic (exact) mass is 345 g/mol. The Morgan fingerprint density at radius 2 is 2.08 bits per heavy atom. The lowest BCUT2D eigenvalue weighted by atomic mass is 10.2. The molecule has 0 aliphatic carbocycles. The van der Waals surface area contributed by atoms with Crippen LogP contribution in [0.15, 0.2) is 30.5 Å². The fourth-order valence-electron chi connectivity index (χ4n) is 3.17. The minimum atomic E-state index is -0.883. The van der Waals surface area contributed by atoms with Crippen molar-refractivity contribution in [2.75, 3.05) is 37.4 Å². The van der Waals surface area contributed by atoms with Gasteiger partial charge in [0.25, 0.3) is 0 Å². The van der Waals surface area contributed by atoms with Crippen LogP contribution in [-0.4, -0.2) is 58.7 Å². The van der Waals surface area contributed by atoms with Crippen LogP contribution in [0.1, 0.15) is 12.5 Å². The van der Waals surface area contributed by atoms with Crippen molar-refractivity contribution in [1.82, 2.24) is 14.7 Å².